The minimum absolute atomic E-state index is 0.617. The standard InChI is InChI=1S/C6H12N2O3/c1-6(2,5(7)11)8-4(10)3-9/h9H,3H2,1-2H3,(H2,7,11)(H,8,10). The lowest BCUT2D eigenvalue weighted by Crippen LogP contribution is -2.53. The lowest BCUT2D eigenvalue weighted by Gasteiger charge is -2.21. The molecule has 0 aromatic heterocycles. The van der Waals surface area contributed by atoms with Gasteiger partial charge in [0.05, 0.1) is 0 Å². The molecular formula is C6H12N2O3. The summed E-state index contributed by atoms with van der Waals surface area (Å²) in [7, 11) is 0. The minimum atomic E-state index is -1.10. The highest BCUT2D eigenvalue weighted by molar-refractivity contribution is 5.89. The zero-order valence-electron chi connectivity index (χ0n) is 6.55. The summed E-state index contributed by atoms with van der Waals surface area (Å²) in [6, 6.07) is 0. The Balaban J connectivity index is 4.12. The van der Waals surface area contributed by atoms with Crippen molar-refractivity contribution in [3.63, 3.8) is 0 Å². The third-order valence-electron chi connectivity index (χ3n) is 1.21. The van der Waals surface area contributed by atoms with E-state index in [-0.39, 0.29) is 0 Å². The van der Waals surface area contributed by atoms with Gasteiger partial charge in [-0.05, 0) is 13.8 Å². The summed E-state index contributed by atoms with van der Waals surface area (Å²) in [5, 5.41) is 10.6. The Morgan fingerprint density at radius 1 is 1.55 bits per heavy atom. The Kier molecular flexibility index (Phi) is 3.00. The van der Waals surface area contributed by atoms with E-state index in [1.54, 1.807) is 0 Å². The van der Waals surface area contributed by atoms with E-state index in [1.807, 2.05) is 0 Å². The van der Waals surface area contributed by atoms with E-state index in [0.29, 0.717) is 0 Å². The average Bonchev–Trinajstić information content (AvgIpc) is 1.86. The summed E-state index contributed by atoms with van der Waals surface area (Å²) in [5.74, 6) is -1.26. The molecule has 2 amide bonds. The van der Waals surface area contributed by atoms with E-state index in [0.717, 1.165) is 0 Å². The van der Waals surface area contributed by atoms with Crippen LogP contribution in [0.3, 0.4) is 0 Å². The van der Waals surface area contributed by atoms with Gasteiger partial charge in [0.15, 0.2) is 0 Å². The molecule has 0 aromatic rings. The largest absolute Gasteiger partial charge is 0.387 e. The number of rotatable bonds is 3. The van der Waals surface area contributed by atoms with Crippen molar-refractivity contribution in [2.45, 2.75) is 19.4 Å². The molecule has 0 saturated heterocycles. The monoisotopic (exact) mass is 160 g/mol. The Labute approximate surface area is 64.6 Å². The SMILES string of the molecule is CC(C)(NC(=O)CO)C(N)=O. The first-order valence-corrected chi connectivity index (χ1v) is 3.12. The second kappa shape index (κ2) is 3.34. The number of aliphatic hydroxyl groups excluding tert-OH is 1. The van der Waals surface area contributed by atoms with Gasteiger partial charge in [0, 0.05) is 0 Å². The normalized spacial score (nSPS) is 10.8. The highest BCUT2D eigenvalue weighted by atomic mass is 16.3. The van der Waals surface area contributed by atoms with Crippen LogP contribution in [0.1, 0.15) is 13.8 Å². The summed E-state index contributed by atoms with van der Waals surface area (Å²) in [4.78, 5) is 21.2. The molecule has 0 aliphatic heterocycles. The smallest absolute Gasteiger partial charge is 0.246 e. The van der Waals surface area contributed by atoms with Crippen molar-refractivity contribution in [1.82, 2.24) is 5.32 Å². The highest BCUT2D eigenvalue weighted by Gasteiger charge is 2.26. The Bertz CT molecular complexity index is 177. The summed E-state index contributed by atoms with van der Waals surface area (Å²) < 4.78 is 0. The van der Waals surface area contributed by atoms with Crippen LogP contribution in [0, 0.1) is 0 Å². The van der Waals surface area contributed by atoms with E-state index in [2.05, 4.69) is 5.32 Å². The fourth-order valence-electron chi connectivity index (χ4n) is 0.450. The van der Waals surface area contributed by atoms with Crippen LogP contribution in [0.25, 0.3) is 0 Å². The van der Waals surface area contributed by atoms with E-state index < -0.39 is 24.0 Å². The second-order valence-electron chi connectivity index (χ2n) is 2.70. The van der Waals surface area contributed by atoms with Crippen LogP contribution in [0.4, 0.5) is 0 Å². The number of nitrogens with one attached hydrogen (secondary N) is 1. The van der Waals surface area contributed by atoms with Crippen molar-refractivity contribution in [3.05, 3.63) is 0 Å². The predicted octanol–water partition coefficient (Wildman–Crippen LogP) is -1.64. The predicted molar refractivity (Wildman–Crippen MR) is 38.5 cm³/mol. The molecular weight excluding hydrogens is 148 g/mol. The maximum Gasteiger partial charge on any atom is 0.246 e. The van der Waals surface area contributed by atoms with Crippen LogP contribution >= 0.6 is 0 Å². The third-order valence-corrected chi connectivity index (χ3v) is 1.21. The van der Waals surface area contributed by atoms with Crippen LogP contribution in [0.2, 0.25) is 0 Å². The van der Waals surface area contributed by atoms with Gasteiger partial charge in [0.25, 0.3) is 0 Å². The van der Waals surface area contributed by atoms with Crippen LogP contribution in [-0.4, -0.2) is 29.1 Å². The Morgan fingerprint density at radius 3 is 2.27 bits per heavy atom. The molecule has 0 unspecified atom stereocenters. The van der Waals surface area contributed by atoms with E-state index in [1.165, 1.54) is 13.8 Å². The first-order valence-electron chi connectivity index (χ1n) is 3.12. The van der Waals surface area contributed by atoms with Gasteiger partial charge in [-0.3, -0.25) is 9.59 Å². The molecule has 0 spiro atoms. The topological polar surface area (TPSA) is 92.4 Å². The number of hydrogen-bond donors (Lipinski definition) is 3. The van der Waals surface area contributed by atoms with Crippen molar-refractivity contribution >= 4 is 11.8 Å². The number of aliphatic hydroxyl groups is 1. The minimum Gasteiger partial charge on any atom is -0.387 e. The number of carbonyl (C=O) groups excluding carboxylic acids is 2. The molecule has 0 heterocycles. The van der Waals surface area contributed by atoms with Gasteiger partial charge in [0.1, 0.15) is 12.1 Å². The number of nitrogens with two attached hydrogens (primary N) is 1. The van der Waals surface area contributed by atoms with Gasteiger partial charge in [-0.2, -0.15) is 0 Å². The zero-order chi connectivity index (χ0) is 9.07. The molecule has 0 rings (SSSR count). The van der Waals surface area contributed by atoms with Gasteiger partial charge in [-0.1, -0.05) is 0 Å². The van der Waals surface area contributed by atoms with Crippen LogP contribution in [0.5, 0.6) is 0 Å². The number of primary amides is 1. The van der Waals surface area contributed by atoms with Gasteiger partial charge >= 0.3 is 0 Å². The second-order valence-corrected chi connectivity index (χ2v) is 2.70. The van der Waals surface area contributed by atoms with Crippen LogP contribution in [-0.2, 0) is 9.59 Å². The first kappa shape index (κ1) is 9.90. The third kappa shape index (κ3) is 2.99. The number of hydrogen-bond acceptors (Lipinski definition) is 3. The highest BCUT2D eigenvalue weighted by Crippen LogP contribution is 1.98. The van der Waals surface area contributed by atoms with E-state index >= 15 is 0 Å². The van der Waals surface area contributed by atoms with Crippen LogP contribution < -0.4 is 11.1 Å². The fraction of sp³-hybridized carbons (Fsp3) is 0.667. The molecule has 0 fully saturated rings. The number of amides is 2. The summed E-state index contributed by atoms with van der Waals surface area (Å²) >= 11 is 0. The lowest BCUT2D eigenvalue weighted by molar-refractivity contribution is -0.131. The quantitative estimate of drug-likeness (QED) is 0.462. The molecule has 0 aliphatic carbocycles. The molecule has 0 atom stereocenters. The van der Waals surface area contributed by atoms with Gasteiger partial charge in [-0.25, -0.2) is 0 Å². The molecule has 0 saturated carbocycles. The molecule has 5 heteroatoms. The molecule has 0 aromatic carbocycles. The molecule has 11 heavy (non-hydrogen) atoms. The van der Waals surface area contributed by atoms with E-state index in [4.69, 9.17) is 10.8 Å². The van der Waals surface area contributed by atoms with Gasteiger partial charge < -0.3 is 16.2 Å². The summed E-state index contributed by atoms with van der Waals surface area (Å²) in [6.45, 7) is 2.28. The van der Waals surface area contributed by atoms with Crippen molar-refractivity contribution in [3.8, 4) is 0 Å². The van der Waals surface area contributed by atoms with Gasteiger partial charge in [0.2, 0.25) is 11.8 Å². The Hall–Kier alpha value is -1.10. The lowest BCUT2D eigenvalue weighted by atomic mass is 10.1. The fourth-order valence-corrected chi connectivity index (χ4v) is 0.450. The molecule has 4 N–H and O–H groups in total. The Morgan fingerprint density at radius 2 is 2.00 bits per heavy atom. The van der Waals surface area contributed by atoms with Crippen LogP contribution in [0.15, 0.2) is 0 Å². The maximum absolute atomic E-state index is 10.6. The van der Waals surface area contributed by atoms with Crippen molar-refractivity contribution in [2.24, 2.45) is 5.73 Å². The average molecular weight is 160 g/mol. The summed E-state index contributed by atoms with van der Waals surface area (Å²) in [6.07, 6.45) is 0. The van der Waals surface area contributed by atoms with Crippen molar-refractivity contribution in [1.29, 1.82) is 0 Å². The molecule has 64 valence electrons. The molecule has 0 radical (unpaired) electrons. The molecule has 5 nitrogen and oxygen atoms in total. The van der Waals surface area contributed by atoms with Gasteiger partial charge in [-0.15, -0.1) is 0 Å². The maximum atomic E-state index is 10.6. The number of carbonyl (C=O) groups is 2. The van der Waals surface area contributed by atoms with Crippen molar-refractivity contribution in [2.75, 3.05) is 6.61 Å². The first-order chi connectivity index (χ1) is 4.90. The zero-order valence-corrected chi connectivity index (χ0v) is 6.55. The molecule has 0 aliphatic rings. The van der Waals surface area contributed by atoms with E-state index in [9.17, 15) is 9.59 Å². The molecule has 0 bridgehead atoms. The van der Waals surface area contributed by atoms with Crippen molar-refractivity contribution < 1.29 is 14.7 Å². The summed E-state index contributed by atoms with van der Waals surface area (Å²) in [5.41, 5.74) is 3.84.